The highest BCUT2D eigenvalue weighted by molar-refractivity contribution is 7.99. The lowest BCUT2D eigenvalue weighted by Gasteiger charge is -2.08. The minimum absolute atomic E-state index is 0.146. The van der Waals surface area contributed by atoms with Gasteiger partial charge in [-0.3, -0.25) is 4.79 Å². The maximum Gasteiger partial charge on any atom is 0.323 e. The minimum Gasteiger partial charge on any atom is -0.325 e. The molecule has 2 aromatic carbocycles. The third-order valence-corrected chi connectivity index (χ3v) is 5.07. The topological polar surface area (TPSA) is 121 Å². The Morgan fingerprint density at radius 1 is 1.14 bits per heavy atom. The number of hydrogen-bond acceptors (Lipinski definition) is 6. The van der Waals surface area contributed by atoms with Crippen LogP contribution in [0.1, 0.15) is 11.1 Å². The number of thioether (sulfide) groups is 1. The molecule has 142 valence electrons. The number of imidazole rings is 1. The third-order valence-electron chi connectivity index (χ3n) is 4.15. The van der Waals surface area contributed by atoms with E-state index in [2.05, 4.69) is 36.9 Å². The molecule has 0 radical (unpaired) electrons. The lowest BCUT2D eigenvalue weighted by molar-refractivity contribution is -0.113. The zero-order valence-electron chi connectivity index (χ0n) is 15.2. The molecule has 0 aliphatic heterocycles. The number of aryl methyl sites for hydroxylation is 2. The summed E-state index contributed by atoms with van der Waals surface area (Å²) in [7, 11) is 0. The molecule has 0 atom stereocenters. The van der Waals surface area contributed by atoms with Gasteiger partial charge in [0.15, 0.2) is 0 Å². The van der Waals surface area contributed by atoms with Crippen molar-refractivity contribution in [2.75, 3.05) is 11.1 Å². The summed E-state index contributed by atoms with van der Waals surface area (Å²) in [6, 6.07) is 11.2. The SMILES string of the molecule is Cc1ccc(-n2nnnc2SCC(=O)Nc2ccc3[nH]c(=O)[nH]c3c2)c(C)c1. The fourth-order valence-electron chi connectivity index (χ4n) is 2.90. The van der Waals surface area contributed by atoms with Crippen molar-refractivity contribution in [1.82, 2.24) is 30.2 Å². The van der Waals surface area contributed by atoms with Gasteiger partial charge in [-0.2, -0.15) is 4.68 Å². The molecule has 0 aliphatic carbocycles. The molecule has 2 aromatic heterocycles. The van der Waals surface area contributed by atoms with Gasteiger partial charge in [-0.25, -0.2) is 4.79 Å². The number of benzene rings is 2. The van der Waals surface area contributed by atoms with Crippen molar-refractivity contribution in [2.45, 2.75) is 19.0 Å². The monoisotopic (exact) mass is 395 g/mol. The Labute approximate surface area is 163 Å². The molecular weight excluding hydrogens is 378 g/mol. The Hall–Kier alpha value is -3.40. The Morgan fingerprint density at radius 2 is 1.96 bits per heavy atom. The second-order valence-corrected chi connectivity index (χ2v) is 7.28. The maximum absolute atomic E-state index is 12.3. The van der Waals surface area contributed by atoms with Crippen LogP contribution in [0.3, 0.4) is 0 Å². The van der Waals surface area contributed by atoms with Crippen LogP contribution in [0.25, 0.3) is 16.7 Å². The van der Waals surface area contributed by atoms with Gasteiger partial charge in [0, 0.05) is 5.69 Å². The zero-order valence-corrected chi connectivity index (χ0v) is 16.0. The third kappa shape index (κ3) is 3.67. The highest BCUT2D eigenvalue weighted by atomic mass is 32.2. The summed E-state index contributed by atoms with van der Waals surface area (Å²) in [4.78, 5) is 29.0. The molecule has 0 unspecified atom stereocenters. The van der Waals surface area contributed by atoms with Gasteiger partial charge in [0.1, 0.15) is 0 Å². The van der Waals surface area contributed by atoms with Crippen LogP contribution in [0.4, 0.5) is 5.69 Å². The second kappa shape index (κ2) is 7.31. The van der Waals surface area contributed by atoms with Crippen molar-refractivity contribution in [3.05, 3.63) is 58.0 Å². The van der Waals surface area contributed by atoms with E-state index in [9.17, 15) is 9.59 Å². The average molecular weight is 395 g/mol. The number of tetrazole rings is 1. The van der Waals surface area contributed by atoms with Crippen LogP contribution in [-0.2, 0) is 4.79 Å². The van der Waals surface area contributed by atoms with Crippen LogP contribution < -0.4 is 11.0 Å². The number of rotatable bonds is 5. The van der Waals surface area contributed by atoms with E-state index in [1.807, 2.05) is 26.0 Å². The molecule has 4 rings (SSSR count). The minimum atomic E-state index is -0.285. The van der Waals surface area contributed by atoms with Crippen LogP contribution >= 0.6 is 11.8 Å². The molecular formula is C18H17N7O2S. The van der Waals surface area contributed by atoms with Gasteiger partial charge in [0.05, 0.1) is 22.5 Å². The molecule has 2 heterocycles. The molecule has 9 nitrogen and oxygen atoms in total. The van der Waals surface area contributed by atoms with Gasteiger partial charge in [-0.1, -0.05) is 29.5 Å². The maximum atomic E-state index is 12.3. The Balaban J connectivity index is 1.45. The number of fused-ring (bicyclic) bond motifs is 1. The summed E-state index contributed by atoms with van der Waals surface area (Å²) in [5.41, 5.74) is 4.71. The second-order valence-electron chi connectivity index (χ2n) is 6.34. The smallest absolute Gasteiger partial charge is 0.323 e. The van der Waals surface area contributed by atoms with E-state index in [4.69, 9.17) is 0 Å². The Bertz CT molecular complexity index is 1220. The number of hydrogen-bond donors (Lipinski definition) is 3. The van der Waals surface area contributed by atoms with Gasteiger partial charge in [-0.05, 0) is 54.1 Å². The first kappa shape index (κ1) is 18.0. The largest absolute Gasteiger partial charge is 0.325 e. The van der Waals surface area contributed by atoms with E-state index in [0.29, 0.717) is 21.9 Å². The molecule has 3 N–H and O–H groups in total. The number of amides is 1. The highest BCUT2D eigenvalue weighted by Crippen LogP contribution is 2.22. The first-order valence-electron chi connectivity index (χ1n) is 8.50. The lowest BCUT2D eigenvalue weighted by atomic mass is 10.1. The quantitative estimate of drug-likeness (QED) is 0.445. The van der Waals surface area contributed by atoms with Crippen LogP contribution in [0.15, 0.2) is 46.3 Å². The van der Waals surface area contributed by atoms with E-state index in [0.717, 1.165) is 16.8 Å². The van der Waals surface area contributed by atoms with Crippen molar-refractivity contribution >= 4 is 34.4 Å². The number of nitrogens with zero attached hydrogens (tertiary/aromatic N) is 4. The van der Waals surface area contributed by atoms with Gasteiger partial charge in [-0.15, -0.1) is 5.10 Å². The van der Waals surface area contributed by atoms with Crippen molar-refractivity contribution < 1.29 is 4.79 Å². The first-order valence-corrected chi connectivity index (χ1v) is 9.49. The molecule has 0 saturated carbocycles. The number of anilines is 1. The first-order chi connectivity index (χ1) is 13.5. The molecule has 0 fully saturated rings. The van der Waals surface area contributed by atoms with Crippen LogP contribution in [0.2, 0.25) is 0 Å². The van der Waals surface area contributed by atoms with E-state index < -0.39 is 0 Å². The van der Waals surface area contributed by atoms with Crippen molar-refractivity contribution in [1.29, 1.82) is 0 Å². The van der Waals surface area contributed by atoms with Gasteiger partial charge >= 0.3 is 5.69 Å². The summed E-state index contributed by atoms with van der Waals surface area (Å²) in [5, 5.41) is 15.1. The van der Waals surface area contributed by atoms with Crippen molar-refractivity contribution in [3.8, 4) is 5.69 Å². The number of aromatic nitrogens is 6. The Morgan fingerprint density at radius 3 is 2.79 bits per heavy atom. The van der Waals surface area contributed by atoms with Gasteiger partial charge in [0.2, 0.25) is 11.1 Å². The standard InChI is InChI=1S/C18H17N7O2S/c1-10-3-6-15(11(2)7-10)25-18(22-23-24-25)28-9-16(26)19-12-4-5-13-14(8-12)21-17(27)20-13/h3-8H,9H2,1-2H3,(H,19,26)(H2,20,21,27). The molecule has 0 spiro atoms. The zero-order chi connectivity index (χ0) is 19.7. The van der Waals surface area contributed by atoms with Gasteiger partial charge in [0.25, 0.3) is 0 Å². The predicted octanol–water partition coefficient (Wildman–Crippen LogP) is 2.18. The van der Waals surface area contributed by atoms with Crippen LogP contribution in [0, 0.1) is 13.8 Å². The van der Waals surface area contributed by atoms with Gasteiger partial charge < -0.3 is 15.3 Å². The fourth-order valence-corrected chi connectivity index (χ4v) is 3.58. The van der Waals surface area contributed by atoms with Crippen molar-refractivity contribution in [3.63, 3.8) is 0 Å². The summed E-state index contributed by atoms with van der Waals surface area (Å²) in [6.45, 7) is 4.02. The van der Waals surface area contributed by atoms with Crippen LogP contribution in [0.5, 0.6) is 0 Å². The molecule has 0 bridgehead atoms. The molecule has 0 saturated heterocycles. The van der Waals surface area contributed by atoms with E-state index in [-0.39, 0.29) is 17.3 Å². The summed E-state index contributed by atoms with van der Waals surface area (Å²) in [5.74, 6) is -0.0510. The number of aromatic amines is 2. The summed E-state index contributed by atoms with van der Waals surface area (Å²) < 4.78 is 1.63. The summed E-state index contributed by atoms with van der Waals surface area (Å²) >= 11 is 1.25. The molecule has 0 aliphatic rings. The molecule has 28 heavy (non-hydrogen) atoms. The predicted molar refractivity (Wildman–Crippen MR) is 107 cm³/mol. The number of nitrogens with one attached hydrogen (secondary N) is 3. The normalized spacial score (nSPS) is 11.1. The van der Waals surface area contributed by atoms with E-state index in [1.54, 1.807) is 22.9 Å². The summed E-state index contributed by atoms with van der Waals surface area (Å²) in [6.07, 6.45) is 0. The van der Waals surface area contributed by atoms with Crippen molar-refractivity contribution in [2.24, 2.45) is 0 Å². The van der Waals surface area contributed by atoms with E-state index in [1.165, 1.54) is 11.8 Å². The van der Waals surface area contributed by atoms with Crippen LogP contribution in [-0.4, -0.2) is 41.8 Å². The fraction of sp³-hybridized carbons (Fsp3) is 0.167. The average Bonchev–Trinajstić information content (AvgIpc) is 3.25. The van der Waals surface area contributed by atoms with E-state index >= 15 is 0 Å². The number of carbonyl (C=O) groups excluding carboxylic acids is 1. The molecule has 10 heteroatoms. The molecule has 4 aromatic rings. The Kier molecular flexibility index (Phi) is 4.70. The lowest BCUT2D eigenvalue weighted by Crippen LogP contribution is -2.14. The molecule has 1 amide bonds. The number of H-pyrrole nitrogens is 2. The highest BCUT2D eigenvalue weighted by Gasteiger charge is 2.13. The number of carbonyl (C=O) groups is 1.